The highest BCUT2D eigenvalue weighted by Gasteiger charge is 2.26. The Balaban J connectivity index is 1.72. The standard InChI is InChI=1S/C19H18Cl2N2O4/c1-10(2)17(23-18(24)13-5-3-11(20)7-14(13)21)19(25)22-12-4-6-15-16(8-12)27-9-26-15/h3-8,10,17H,9H2,1-2H3,(H,22,25)(H,23,24)/t17-/m0/s1. The topological polar surface area (TPSA) is 76.7 Å². The summed E-state index contributed by atoms with van der Waals surface area (Å²) in [4.78, 5) is 25.3. The molecule has 0 saturated carbocycles. The van der Waals surface area contributed by atoms with Crippen LogP contribution in [0.2, 0.25) is 10.0 Å². The number of amides is 2. The third-order valence-corrected chi connectivity index (χ3v) is 4.60. The summed E-state index contributed by atoms with van der Waals surface area (Å²) in [6.45, 7) is 3.83. The van der Waals surface area contributed by atoms with Gasteiger partial charge in [0.05, 0.1) is 10.6 Å². The summed E-state index contributed by atoms with van der Waals surface area (Å²) in [6, 6.07) is 8.92. The van der Waals surface area contributed by atoms with Gasteiger partial charge < -0.3 is 20.1 Å². The van der Waals surface area contributed by atoms with E-state index in [4.69, 9.17) is 32.7 Å². The van der Waals surface area contributed by atoms with Crippen LogP contribution in [0.4, 0.5) is 5.69 Å². The third-order valence-electron chi connectivity index (χ3n) is 4.05. The Bertz CT molecular complexity index is 886. The molecule has 2 aromatic carbocycles. The van der Waals surface area contributed by atoms with Crippen molar-refractivity contribution in [2.45, 2.75) is 19.9 Å². The highest BCUT2D eigenvalue weighted by atomic mass is 35.5. The molecule has 0 unspecified atom stereocenters. The molecule has 0 fully saturated rings. The zero-order valence-electron chi connectivity index (χ0n) is 14.7. The normalized spacial score (nSPS) is 13.4. The summed E-state index contributed by atoms with van der Waals surface area (Å²) in [6.07, 6.45) is 0. The minimum Gasteiger partial charge on any atom is -0.454 e. The van der Waals surface area contributed by atoms with Crippen LogP contribution in [0.25, 0.3) is 0 Å². The maximum atomic E-state index is 12.7. The fourth-order valence-electron chi connectivity index (χ4n) is 2.62. The number of carbonyl (C=O) groups excluding carboxylic acids is 2. The smallest absolute Gasteiger partial charge is 0.253 e. The minimum absolute atomic E-state index is 0.144. The van der Waals surface area contributed by atoms with Gasteiger partial charge in [-0.05, 0) is 36.2 Å². The van der Waals surface area contributed by atoms with E-state index in [-0.39, 0.29) is 29.2 Å². The Labute approximate surface area is 166 Å². The molecule has 0 radical (unpaired) electrons. The average Bonchev–Trinajstić information content (AvgIpc) is 3.06. The molecule has 0 aromatic heterocycles. The lowest BCUT2D eigenvalue weighted by Gasteiger charge is -2.22. The molecule has 1 atom stereocenters. The highest BCUT2D eigenvalue weighted by molar-refractivity contribution is 6.36. The lowest BCUT2D eigenvalue weighted by atomic mass is 10.0. The molecule has 142 valence electrons. The van der Waals surface area contributed by atoms with Gasteiger partial charge in [-0.25, -0.2) is 0 Å². The van der Waals surface area contributed by atoms with E-state index in [1.165, 1.54) is 12.1 Å². The van der Waals surface area contributed by atoms with Crippen LogP contribution in [0.3, 0.4) is 0 Å². The zero-order valence-corrected chi connectivity index (χ0v) is 16.2. The highest BCUT2D eigenvalue weighted by Crippen LogP contribution is 2.34. The number of benzene rings is 2. The van der Waals surface area contributed by atoms with Crippen molar-refractivity contribution in [2.75, 3.05) is 12.1 Å². The second-order valence-corrected chi connectivity index (χ2v) is 7.22. The molecule has 8 heteroatoms. The zero-order chi connectivity index (χ0) is 19.6. The van der Waals surface area contributed by atoms with E-state index in [9.17, 15) is 9.59 Å². The number of hydrogen-bond acceptors (Lipinski definition) is 4. The molecular weight excluding hydrogens is 391 g/mol. The van der Waals surface area contributed by atoms with Gasteiger partial charge in [-0.3, -0.25) is 9.59 Å². The van der Waals surface area contributed by atoms with Gasteiger partial charge in [0.1, 0.15) is 6.04 Å². The molecule has 27 heavy (non-hydrogen) atoms. The Morgan fingerprint density at radius 1 is 1.04 bits per heavy atom. The van der Waals surface area contributed by atoms with E-state index in [1.54, 1.807) is 24.3 Å². The lowest BCUT2D eigenvalue weighted by Crippen LogP contribution is -2.47. The van der Waals surface area contributed by atoms with Crippen LogP contribution in [0.1, 0.15) is 24.2 Å². The van der Waals surface area contributed by atoms with Crippen molar-refractivity contribution in [2.24, 2.45) is 5.92 Å². The van der Waals surface area contributed by atoms with Crippen LogP contribution < -0.4 is 20.1 Å². The van der Waals surface area contributed by atoms with E-state index in [1.807, 2.05) is 13.8 Å². The average molecular weight is 409 g/mol. The van der Waals surface area contributed by atoms with Crippen LogP contribution >= 0.6 is 23.2 Å². The number of hydrogen-bond donors (Lipinski definition) is 2. The molecule has 0 saturated heterocycles. The monoisotopic (exact) mass is 408 g/mol. The lowest BCUT2D eigenvalue weighted by molar-refractivity contribution is -0.118. The minimum atomic E-state index is -0.755. The summed E-state index contributed by atoms with van der Waals surface area (Å²) < 4.78 is 10.6. The van der Waals surface area contributed by atoms with Gasteiger partial charge in [0.2, 0.25) is 12.7 Å². The number of carbonyl (C=O) groups is 2. The molecule has 2 N–H and O–H groups in total. The summed E-state index contributed by atoms with van der Waals surface area (Å²) in [7, 11) is 0. The first-order chi connectivity index (χ1) is 12.8. The largest absolute Gasteiger partial charge is 0.454 e. The molecule has 6 nitrogen and oxygen atoms in total. The van der Waals surface area contributed by atoms with Gasteiger partial charge in [0.15, 0.2) is 11.5 Å². The van der Waals surface area contributed by atoms with Crippen LogP contribution in [-0.4, -0.2) is 24.6 Å². The van der Waals surface area contributed by atoms with E-state index in [0.29, 0.717) is 22.2 Å². The molecule has 1 heterocycles. The molecule has 0 spiro atoms. The number of ether oxygens (including phenoxy) is 2. The van der Waals surface area contributed by atoms with Crippen LogP contribution in [0.5, 0.6) is 11.5 Å². The van der Waals surface area contributed by atoms with E-state index in [2.05, 4.69) is 10.6 Å². The second kappa shape index (κ2) is 8.06. The van der Waals surface area contributed by atoms with Gasteiger partial charge in [0, 0.05) is 16.8 Å². The predicted octanol–water partition coefficient (Wildman–Crippen LogP) is 4.12. The van der Waals surface area contributed by atoms with Crippen molar-refractivity contribution in [3.63, 3.8) is 0 Å². The molecular formula is C19H18Cl2N2O4. The maximum absolute atomic E-state index is 12.7. The summed E-state index contributed by atoms with van der Waals surface area (Å²) in [5.74, 6) is 0.248. The maximum Gasteiger partial charge on any atom is 0.253 e. The quantitative estimate of drug-likeness (QED) is 0.779. The Hall–Kier alpha value is -2.44. The van der Waals surface area contributed by atoms with Crippen molar-refractivity contribution < 1.29 is 19.1 Å². The van der Waals surface area contributed by atoms with Crippen molar-refractivity contribution >= 4 is 40.7 Å². The fraction of sp³-hybridized carbons (Fsp3) is 0.263. The number of fused-ring (bicyclic) bond motifs is 1. The predicted molar refractivity (Wildman–Crippen MR) is 104 cm³/mol. The van der Waals surface area contributed by atoms with Crippen molar-refractivity contribution in [1.29, 1.82) is 0 Å². The Morgan fingerprint density at radius 2 is 1.78 bits per heavy atom. The molecule has 1 aliphatic heterocycles. The van der Waals surface area contributed by atoms with Gasteiger partial charge in [-0.1, -0.05) is 37.0 Å². The van der Waals surface area contributed by atoms with Gasteiger partial charge in [-0.15, -0.1) is 0 Å². The van der Waals surface area contributed by atoms with Crippen molar-refractivity contribution in [3.8, 4) is 11.5 Å². The SMILES string of the molecule is CC(C)[C@H](NC(=O)c1ccc(Cl)cc1Cl)C(=O)Nc1ccc2c(c1)OCO2. The van der Waals surface area contributed by atoms with Gasteiger partial charge >= 0.3 is 0 Å². The molecule has 2 aromatic rings. The summed E-state index contributed by atoms with van der Waals surface area (Å²) in [5.41, 5.74) is 0.802. The fourth-order valence-corrected chi connectivity index (χ4v) is 3.12. The third kappa shape index (κ3) is 4.46. The first kappa shape index (κ1) is 19.3. The number of halogens is 2. The molecule has 0 aliphatic carbocycles. The van der Waals surface area contributed by atoms with E-state index in [0.717, 1.165) is 0 Å². The molecule has 3 rings (SSSR count). The van der Waals surface area contributed by atoms with Crippen molar-refractivity contribution in [3.05, 3.63) is 52.0 Å². The first-order valence-electron chi connectivity index (χ1n) is 8.31. The van der Waals surface area contributed by atoms with E-state index < -0.39 is 11.9 Å². The summed E-state index contributed by atoms with van der Waals surface area (Å²) in [5, 5.41) is 6.17. The number of rotatable bonds is 5. The van der Waals surface area contributed by atoms with Crippen LogP contribution in [0.15, 0.2) is 36.4 Å². The number of anilines is 1. The Kier molecular flexibility index (Phi) is 5.77. The van der Waals surface area contributed by atoms with Crippen LogP contribution in [-0.2, 0) is 4.79 Å². The van der Waals surface area contributed by atoms with Crippen LogP contribution in [0, 0.1) is 5.92 Å². The Morgan fingerprint density at radius 3 is 2.48 bits per heavy atom. The van der Waals surface area contributed by atoms with E-state index >= 15 is 0 Å². The van der Waals surface area contributed by atoms with Gasteiger partial charge in [0.25, 0.3) is 5.91 Å². The first-order valence-corrected chi connectivity index (χ1v) is 9.07. The number of nitrogens with one attached hydrogen (secondary N) is 2. The second-order valence-electron chi connectivity index (χ2n) is 6.38. The summed E-state index contributed by atoms with van der Waals surface area (Å²) >= 11 is 11.9. The van der Waals surface area contributed by atoms with Gasteiger partial charge in [-0.2, -0.15) is 0 Å². The molecule has 2 amide bonds. The molecule has 0 bridgehead atoms. The molecule has 1 aliphatic rings. The van der Waals surface area contributed by atoms with Crippen molar-refractivity contribution in [1.82, 2.24) is 5.32 Å².